The van der Waals surface area contributed by atoms with Gasteiger partial charge in [0.05, 0.1) is 92.0 Å². The highest BCUT2D eigenvalue weighted by molar-refractivity contribution is 5.79. The van der Waals surface area contributed by atoms with Crippen molar-refractivity contribution < 1.29 is 159 Å². The summed E-state index contributed by atoms with van der Waals surface area (Å²) in [5, 5.41) is 63.0. The molecule has 33 heteroatoms. The van der Waals surface area contributed by atoms with E-state index in [1.165, 1.54) is 28.4 Å². The second kappa shape index (κ2) is 29.6. The largest absolute Gasteiger partial charge is 0.514 e. The normalized spacial score (nSPS) is 34.1. The summed E-state index contributed by atoms with van der Waals surface area (Å²) >= 11 is 0. The summed E-state index contributed by atoms with van der Waals surface area (Å²) in [6.07, 6.45) is -17.7. The third kappa shape index (κ3) is 14.0. The van der Waals surface area contributed by atoms with Crippen LogP contribution < -0.4 is 47.4 Å². The van der Waals surface area contributed by atoms with E-state index in [0.717, 1.165) is 16.7 Å². The Morgan fingerprint density at radius 2 is 1.00 bits per heavy atom. The highest BCUT2D eigenvalue weighted by Gasteiger charge is 2.58. The number of esters is 1. The molecule has 0 amide bonds. The second-order valence-corrected chi connectivity index (χ2v) is 26.7. The van der Waals surface area contributed by atoms with Crippen molar-refractivity contribution in [2.75, 3.05) is 94.9 Å². The number of carbonyl (C=O) groups excluding carboxylic acids is 3. The maximum Gasteiger partial charge on any atom is 0.514 e. The van der Waals surface area contributed by atoms with E-state index < -0.39 is 159 Å². The fourth-order valence-corrected chi connectivity index (χ4v) is 15.2. The number of aliphatic hydroxyl groups is 6. The van der Waals surface area contributed by atoms with E-state index in [1.807, 2.05) is 12.1 Å². The molecule has 4 aromatic carbocycles. The van der Waals surface area contributed by atoms with Crippen LogP contribution in [-0.4, -0.2) is 236 Å². The maximum atomic E-state index is 13.6. The highest BCUT2D eigenvalue weighted by atomic mass is 16.8. The van der Waals surface area contributed by atoms with Crippen LogP contribution in [0.25, 0.3) is 0 Å². The van der Waals surface area contributed by atoms with Gasteiger partial charge < -0.3 is 144 Å². The van der Waals surface area contributed by atoms with Crippen molar-refractivity contribution in [2.45, 2.75) is 144 Å². The van der Waals surface area contributed by atoms with E-state index in [0.29, 0.717) is 45.4 Å². The zero-order chi connectivity index (χ0) is 72.4. The van der Waals surface area contributed by atoms with Crippen LogP contribution in [0.15, 0.2) is 60.9 Å². The summed E-state index contributed by atoms with van der Waals surface area (Å²) in [6, 6.07) is 14.0. The van der Waals surface area contributed by atoms with E-state index in [9.17, 15) is 39.9 Å². The van der Waals surface area contributed by atoms with Crippen LogP contribution in [0.3, 0.4) is 0 Å². The molecule has 0 bridgehead atoms. The molecule has 9 heterocycles. The van der Waals surface area contributed by atoms with Crippen molar-refractivity contribution in [3.05, 3.63) is 94.2 Å². The van der Waals surface area contributed by atoms with E-state index in [1.54, 1.807) is 64.1 Å². The number of aliphatic hydroxyl groups excluding tert-OH is 6. The number of methoxy groups -OCH3 is 4. The van der Waals surface area contributed by atoms with Crippen LogP contribution in [-0.2, 0) is 71.1 Å². The van der Waals surface area contributed by atoms with Crippen LogP contribution in [0.2, 0.25) is 0 Å². The first-order valence-electron chi connectivity index (χ1n) is 33.6. The van der Waals surface area contributed by atoms with Crippen molar-refractivity contribution in [3.8, 4) is 57.5 Å². The van der Waals surface area contributed by atoms with Gasteiger partial charge in [-0.25, -0.2) is 9.59 Å². The first-order chi connectivity index (χ1) is 49.5. The highest BCUT2D eigenvalue weighted by Crippen LogP contribution is 2.61. The minimum atomic E-state index is -1.49. The van der Waals surface area contributed by atoms with Crippen molar-refractivity contribution >= 4 is 18.3 Å². The molecular formula is C70H82O33. The fourth-order valence-electron chi connectivity index (χ4n) is 15.2. The Labute approximate surface area is 589 Å². The number of carbonyl (C=O) groups is 3. The summed E-state index contributed by atoms with van der Waals surface area (Å²) in [5.41, 5.74) is 4.00. The quantitative estimate of drug-likeness (QED) is 0.0497. The van der Waals surface area contributed by atoms with E-state index in [4.69, 9.17) is 119 Å². The Morgan fingerprint density at radius 3 is 1.45 bits per heavy atom. The van der Waals surface area contributed by atoms with E-state index >= 15 is 0 Å². The van der Waals surface area contributed by atoms with Crippen molar-refractivity contribution in [1.29, 1.82) is 0 Å². The van der Waals surface area contributed by atoms with E-state index in [2.05, 4.69) is 6.58 Å². The Morgan fingerprint density at radius 1 is 0.563 bits per heavy atom. The molecule has 9 aliphatic heterocycles. The van der Waals surface area contributed by atoms with Gasteiger partial charge in [-0.15, -0.1) is 0 Å². The van der Waals surface area contributed by atoms with Crippen LogP contribution >= 0.6 is 0 Å². The van der Waals surface area contributed by atoms with Crippen LogP contribution in [0.5, 0.6) is 57.5 Å². The molecule has 22 atom stereocenters. The minimum Gasteiger partial charge on any atom is -0.498 e. The predicted octanol–water partition coefficient (Wildman–Crippen LogP) is 3.79. The summed E-state index contributed by atoms with van der Waals surface area (Å²) in [5.74, 6) is -1.60. The number of hydrogen-bond donors (Lipinski definition) is 6. The number of benzene rings is 4. The van der Waals surface area contributed by atoms with Gasteiger partial charge in [-0.3, -0.25) is 4.79 Å². The lowest BCUT2D eigenvalue weighted by atomic mass is 9.65. The lowest BCUT2D eigenvalue weighted by Crippen LogP contribution is -2.63. The molecule has 7 saturated heterocycles. The maximum absolute atomic E-state index is 13.6. The fraction of sp³-hybridized carbons (Fsp3) is 0.586. The van der Waals surface area contributed by atoms with Crippen LogP contribution in [0.4, 0.5) is 9.59 Å². The first-order valence-corrected chi connectivity index (χ1v) is 33.6. The molecule has 6 N–H and O–H groups in total. The molecule has 0 spiro atoms. The summed E-state index contributed by atoms with van der Waals surface area (Å²) < 4.78 is 138. The van der Waals surface area contributed by atoms with Gasteiger partial charge in [-0.2, -0.15) is 0 Å². The van der Waals surface area contributed by atoms with Gasteiger partial charge in [0.15, 0.2) is 76.9 Å². The van der Waals surface area contributed by atoms with Gasteiger partial charge in [0.1, 0.15) is 74.3 Å². The molecule has 0 aromatic heterocycles. The average molecular weight is 1450 g/mol. The van der Waals surface area contributed by atoms with Crippen LogP contribution in [0.1, 0.15) is 85.1 Å². The molecule has 4 aromatic rings. The lowest BCUT2D eigenvalue weighted by molar-refractivity contribution is -0.364. The van der Waals surface area contributed by atoms with Crippen LogP contribution in [0, 0.1) is 23.7 Å². The van der Waals surface area contributed by atoms with Gasteiger partial charge in [0.2, 0.25) is 25.1 Å². The Kier molecular flexibility index (Phi) is 20.7. The first kappa shape index (κ1) is 72.1. The average Bonchev–Trinajstić information content (AvgIpc) is 1.69. The van der Waals surface area contributed by atoms with Gasteiger partial charge in [-0.1, -0.05) is 6.58 Å². The molecule has 0 saturated carbocycles. The zero-order valence-corrected chi connectivity index (χ0v) is 57.3. The van der Waals surface area contributed by atoms with Gasteiger partial charge in [-0.05, 0) is 110 Å². The van der Waals surface area contributed by atoms with E-state index in [-0.39, 0.29) is 99.6 Å². The van der Waals surface area contributed by atoms with Gasteiger partial charge in [0.25, 0.3) is 0 Å². The van der Waals surface area contributed by atoms with Gasteiger partial charge >= 0.3 is 18.3 Å². The molecule has 560 valence electrons. The number of cyclic esters (lactones) is 1. The SMILES string of the molecule is C=C1OCC2C(OC3OC4COC(C)OC4C(O)C3O)c3cc4c(cc3[C@@H](c3cc(OC)c(OC(=O)OCC5COC(C)(C)O5)c(OC)c3)C12)OCO4.COc1cc([C@@H]2c3cc4c(cc3C(OC3OC5COC(C)OC5C(O)C3O)C3COC(=O)C32)OCO4)cc(OC)c1OC(=O)OCC(O)CO. The molecule has 2 aliphatic carbocycles. The number of rotatable bonds is 17. The molecule has 7 fully saturated rings. The molecule has 11 aliphatic rings. The number of fused-ring (bicyclic) bond motifs is 8. The summed E-state index contributed by atoms with van der Waals surface area (Å²) in [7, 11) is 5.62. The molecule has 15 rings (SSSR count). The lowest BCUT2D eigenvalue weighted by Gasteiger charge is -2.48. The number of ether oxygens (including phenoxy) is 24. The smallest absolute Gasteiger partial charge is 0.498 e. The monoisotopic (exact) mass is 1450 g/mol. The Bertz CT molecular complexity index is 3750. The standard InChI is InChI=1S/C37H44O16.C33H38O17/c1-16-28-22(13-43-16)32(51-35-31(39)30(38)34-27(50-35)14-44-17(2)49-34)21-10-24-23(46-15-47-24)9-20(21)29(28)18-7-25(41-5)33(26(8-18)42-6)52-36(40)45-11-19-12-48-37(3,4)53-19;1-13-42-11-23-30(47-13)26(36)27(37)32(48-23)49-28-17-7-20-19(45-12-46-20)6-16(17)24(25-18(28)10-43-31(25)38)14-4-21(40-2)29(22(5-14)41-3)50-33(39)44-9-15(35)8-34/h7-10,17,19,22,27-32,34-35,38-39H,1,11-15H2,2-6H3;4-7,13,15,18,23-28,30,32,34-37H,8-12H2,1-3H3/t17?,19?,22?,27?,28?,29-,30?,31?,32?,34?,35?;13?,15?,18?,23?,24-,25?,26?,27?,28?,30?,32?/m11/s1. The summed E-state index contributed by atoms with van der Waals surface area (Å²) in [6.45, 7) is 10.8. The molecule has 0 radical (unpaired) electrons. The molecule has 20 unspecified atom stereocenters. The molecule has 33 nitrogen and oxygen atoms in total. The number of allylic oxidation sites excluding steroid dienone is 1. The van der Waals surface area contributed by atoms with Crippen molar-refractivity contribution in [1.82, 2.24) is 0 Å². The third-order valence-electron chi connectivity index (χ3n) is 20.0. The van der Waals surface area contributed by atoms with Gasteiger partial charge in [0, 0.05) is 29.6 Å². The predicted molar refractivity (Wildman–Crippen MR) is 339 cm³/mol. The molecule has 103 heavy (non-hydrogen) atoms. The Hall–Kier alpha value is -7.81. The number of hydrogen-bond acceptors (Lipinski definition) is 33. The van der Waals surface area contributed by atoms with Crippen molar-refractivity contribution in [2.24, 2.45) is 23.7 Å². The molecular weight excluding hydrogens is 1370 g/mol. The zero-order valence-electron chi connectivity index (χ0n) is 57.3. The second-order valence-electron chi connectivity index (χ2n) is 26.7. The van der Waals surface area contributed by atoms with Crippen molar-refractivity contribution in [3.63, 3.8) is 0 Å². The Balaban J connectivity index is 0.000000175. The summed E-state index contributed by atoms with van der Waals surface area (Å²) in [4.78, 5) is 38.9. The minimum absolute atomic E-state index is 0.0269. The topological polar surface area (TPSA) is 394 Å². The third-order valence-corrected chi connectivity index (χ3v) is 20.0.